The van der Waals surface area contributed by atoms with Crippen LogP contribution < -0.4 is 0 Å². The molecule has 7 heteroatoms. The van der Waals surface area contributed by atoms with E-state index in [1.165, 1.54) is 7.11 Å². The van der Waals surface area contributed by atoms with Crippen LogP contribution in [-0.4, -0.2) is 72.6 Å². The second-order valence-electron chi connectivity index (χ2n) is 5.62. The number of hydrogen-bond donors (Lipinski definition) is 1. The highest BCUT2D eigenvalue weighted by Crippen LogP contribution is 2.33. The molecule has 1 aliphatic heterocycles. The number of aliphatic carboxylic acids is 1. The summed E-state index contributed by atoms with van der Waals surface area (Å²) in [4.78, 5) is 38.7. The van der Waals surface area contributed by atoms with Crippen molar-refractivity contribution in [3.8, 4) is 0 Å². The van der Waals surface area contributed by atoms with Crippen molar-refractivity contribution in [3.63, 3.8) is 0 Å². The van der Waals surface area contributed by atoms with Crippen LogP contribution in [0.1, 0.15) is 19.3 Å². The van der Waals surface area contributed by atoms with E-state index in [1.54, 1.807) is 9.80 Å². The molecule has 2 fully saturated rings. The molecule has 0 aromatic rings. The molecule has 0 unspecified atom stereocenters. The number of hydrogen-bond acceptors (Lipinski definition) is 4. The summed E-state index contributed by atoms with van der Waals surface area (Å²) in [5.41, 5.74) is 0. The second kappa shape index (κ2) is 6.89. The van der Waals surface area contributed by atoms with Crippen molar-refractivity contribution in [3.05, 3.63) is 0 Å². The minimum absolute atomic E-state index is 0.0532. The van der Waals surface area contributed by atoms with E-state index in [-0.39, 0.29) is 18.4 Å². The molecule has 1 N–H and O–H groups in total. The Kier molecular flexibility index (Phi) is 5.17. The van der Waals surface area contributed by atoms with E-state index >= 15 is 0 Å². The fraction of sp³-hybridized carbons (Fsp3) is 0.786. The normalized spacial score (nSPS) is 26.0. The molecule has 0 radical (unpaired) electrons. The van der Waals surface area contributed by atoms with Crippen LogP contribution in [0.25, 0.3) is 0 Å². The van der Waals surface area contributed by atoms with Gasteiger partial charge >= 0.3 is 5.97 Å². The summed E-state index contributed by atoms with van der Waals surface area (Å²) in [5, 5.41) is 9.17. The van der Waals surface area contributed by atoms with Crippen molar-refractivity contribution in [2.45, 2.75) is 19.3 Å². The minimum Gasteiger partial charge on any atom is -0.481 e. The molecule has 1 saturated heterocycles. The number of carboxylic acid groups (broad SMARTS) is 1. The highest BCUT2D eigenvalue weighted by Gasteiger charge is 2.40. The van der Waals surface area contributed by atoms with Crippen molar-refractivity contribution in [2.75, 3.05) is 39.9 Å². The van der Waals surface area contributed by atoms with Crippen LogP contribution in [0.5, 0.6) is 0 Å². The van der Waals surface area contributed by atoms with E-state index in [2.05, 4.69) is 0 Å². The van der Waals surface area contributed by atoms with Crippen LogP contribution >= 0.6 is 0 Å². The number of carboxylic acids is 1. The molecule has 0 bridgehead atoms. The Hall–Kier alpha value is -1.63. The van der Waals surface area contributed by atoms with E-state index < -0.39 is 17.8 Å². The number of methoxy groups -OCH3 is 1. The molecule has 1 heterocycles. The summed E-state index contributed by atoms with van der Waals surface area (Å²) >= 11 is 0. The minimum atomic E-state index is -0.875. The molecule has 0 spiro atoms. The maximum absolute atomic E-state index is 12.5. The number of amides is 2. The van der Waals surface area contributed by atoms with Crippen LogP contribution in [0, 0.1) is 11.8 Å². The highest BCUT2D eigenvalue weighted by atomic mass is 16.5. The van der Waals surface area contributed by atoms with Gasteiger partial charge in [-0.05, 0) is 12.8 Å². The predicted molar refractivity (Wildman–Crippen MR) is 73.5 cm³/mol. The van der Waals surface area contributed by atoms with Gasteiger partial charge in [0.25, 0.3) is 0 Å². The first-order valence-electron chi connectivity index (χ1n) is 7.33. The van der Waals surface area contributed by atoms with Crippen LogP contribution in [0.3, 0.4) is 0 Å². The zero-order valence-corrected chi connectivity index (χ0v) is 12.3. The topological polar surface area (TPSA) is 87.2 Å². The van der Waals surface area contributed by atoms with Crippen molar-refractivity contribution >= 4 is 17.8 Å². The first-order valence-corrected chi connectivity index (χ1v) is 7.33. The van der Waals surface area contributed by atoms with Crippen LogP contribution in [0.4, 0.5) is 0 Å². The molecule has 2 atom stereocenters. The van der Waals surface area contributed by atoms with Crippen molar-refractivity contribution in [2.24, 2.45) is 11.8 Å². The Morgan fingerprint density at radius 2 is 1.62 bits per heavy atom. The van der Waals surface area contributed by atoms with Gasteiger partial charge in [-0.1, -0.05) is 6.42 Å². The van der Waals surface area contributed by atoms with E-state index in [9.17, 15) is 14.4 Å². The fourth-order valence-corrected chi connectivity index (χ4v) is 3.18. The smallest absolute Gasteiger partial charge is 0.307 e. The lowest BCUT2D eigenvalue weighted by Crippen LogP contribution is -2.53. The summed E-state index contributed by atoms with van der Waals surface area (Å²) in [6, 6.07) is 0. The summed E-state index contributed by atoms with van der Waals surface area (Å²) < 4.78 is 4.82. The second-order valence-corrected chi connectivity index (χ2v) is 5.62. The van der Waals surface area contributed by atoms with Gasteiger partial charge in [-0.2, -0.15) is 0 Å². The van der Waals surface area contributed by atoms with Crippen LogP contribution in [-0.2, 0) is 19.1 Å². The maximum atomic E-state index is 12.5. The first-order chi connectivity index (χ1) is 10.0. The lowest BCUT2D eigenvalue weighted by Gasteiger charge is -2.36. The largest absolute Gasteiger partial charge is 0.481 e. The quantitative estimate of drug-likeness (QED) is 0.777. The average molecular weight is 298 g/mol. The number of carbonyl (C=O) groups is 3. The molecule has 0 aromatic heterocycles. The molecule has 2 rings (SSSR count). The Labute approximate surface area is 123 Å². The van der Waals surface area contributed by atoms with E-state index in [0.717, 1.165) is 6.42 Å². The SMILES string of the molecule is COCC(=O)N1CCN(C(=O)[C@@H]2CCC[C@@H]2C(=O)O)CC1. The lowest BCUT2D eigenvalue weighted by molar-refractivity contribution is -0.150. The predicted octanol–water partition coefficient (Wildman–Crippen LogP) is -0.195. The number of ether oxygens (including phenoxy) is 1. The van der Waals surface area contributed by atoms with Gasteiger partial charge in [0.15, 0.2) is 0 Å². The van der Waals surface area contributed by atoms with Gasteiger partial charge in [0.2, 0.25) is 11.8 Å². The van der Waals surface area contributed by atoms with E-state index in [4.69, 9.17) is 9.84 Å². The Bertz CT molecular complexity index is 418. The van der Waals surface area contributed by atoms with Gasteiger partial charge in [-0.3, -0.25) is 14.4 Å². The molecule has 1 aliphatic carbocycles. The molecule has 7 nitrogen and oxygen atoms in total. The molecule has 1 saturated carbocycles. The summed E-state index contributed by atoms with van der Waals surface area (Å²) in [7, 11) is 1.48. The third-order valence-electron chi connectivity index (χ3n) is 4.36. The third kappa shape index (κ3) is 3.53. The van der Waals surface area contributed by atoms with Crippen LogP contribution in [0.15, 0.2) is 0 Å². The van der Waals surface area contributed by atoms with Gasteiger partial charge in [-0.25, -0.2) is 0 Å². The van der Waals surface area contributed by atoms with Gasteiger partial charge < -0.3 is 19.6 Å². The highest BCUT2D eigenvalue weighted by molar-refractivity contribution is 5.85. The molecule has 21 heavy (non-hydrogen) atoms. The summed E-state index contributed by atoms with van der Waals surface area (Å²) in [5.74, 6) is -1.97. The van der Waals surface area contributed by atoms with Gasteiger partial charge in [-0.15, -0.1) is 0 Å². The lowest BCUT2D eigenvalue weighted by atomic mass is 9.94. The Morgan fingerprint density at radius 1 is 1.05 bits per heavy atom. The molecule has 118 valence electrons. The van der Waals surface area contributed by atoms with E-state index in [1.807, 2.05) is 0 Å². The average Bonchev–Trinajstić information content (AvgIpc) is 2.96. The monoisotopic (exact) mass is 298 g/mol. The first kappa shape index (κ1) is 15.8. The molecule has 2 amide bonds. The standard InChI is InChI=1S/C14H22N2O5/c1-21-9-12(17)15-5-7-16(8-6-15)13(18)10-3-2-4-11(10)14(19)20/h10-11H,2-9H2,1H3,(H,19,20)/t10-,11+/m1/s1. The van der Waals surface area contributed by atoms with Crippen LogP contribution in [0.2, 0.25) is 0 Å². The van der Waals surface area contributed by atoms with Crippen molar-refractivity contribution in [1.29, 1.82) is 0 Å². The molecular weight excluding hydrogens is 276 g/mol. The van der Waals surface area contributed by atoms with Crippen molar-refractivity contribution in [1.82, 2.24) is 9.80 Å². The number of carbonyl (C=O) groups excluding carboxylic acids is 2. The van der Waals surface area contributed by atoms with Crippen molar-refractivity contribution < 1.29 is 24.2 Å². The zero-order chi connectivity index (χ0) is 15.4. The molecular formula is C14H22N2O5. The van der Waals surface area contributed by atoms with E-state index in [0.29, 0.717) is 39.0 Å². The Morgan fingerprint density at radius 3 is 2.19 bits per heavy atom. The zero-order valence-electron chi connectivity index (χ0n) is 12.3. The summed E-state index contributed by atoms with van der Waals surface area (Å²) in [6.07, 6.45) is 2.02. The molecule has 0 aromatic carbocycles. The third-order valence-corrected chi connectivity index (χ3v) is 4.36. The number of piperazine rings is 1. The Balaban J connectivity index is 1.88. The fourth-order valence-electron chi connectivity index (χ4n) is 3.18. The van der Waals surface area contributed by atoms with Gasteiger partial charge in [0.1, 0.15) is 6.61 Å². The van der Waals surface area contributed by atoms with Gasteiger partial charge in [0.05, 0.1) is 11.8 Å². The molecule has 2 aliphatic rings. The maximum Gasteiger partial charge on any atom is 0.307 e. The number of rotatable bonds is 4. The van der Waals surface area contributed by atoms with Gasteiger partial charge in [0, 0.05) is 33.3 Å². The summed E-state index contributed by atoms with van der Waals surface area (Å²) in [6.45, 7) is 1.96. The number of nitrogens with zero attached hydrogens (tertiary/aromatic N) is 2.